The van der Waals surface area contributed by atoms with Crippen LogP contribution in [0.4, 0.5) is 5.69 Å². The van der Waals surface area contributed by atoms with Crippen LogP contribution in [0.3, 0.4) is 0 Å². The molecule has 1 N–H and O–H groups in total. The van der Waals surface area contributed by atoms with E-state index in [1.54, 1.807) is 43.3 Å². The highest BCUT2D eigenvalue weighted by Gasteiger charge is 2.16. The zero-order valence-electron chi connectivity index (χ0n) is 9.72. The second-order valence-corrected chi connectivity index (χ2v) is 5.94. The number of nitrogens with one attached hydrogen (secondary N) is 1. The molecule has 0 fully saturated rings. The number of benzene rings is 2. The molecule has 0 spiro atoms. The molecule has 94 valence electrons. The number of hydrogen-bond donors (Lipinski definition) is 1. The first kappa shape index (κ1) is 12.9. The van der Waals surface area contributed by atoms with Crippen molar-refractivity contribution in [3.63, 3.8) is 0 Å². The summed E-state index contributed by atoms with van der Waals surface area (Å²) in [5.74, 6) is 0. The molecular formula is C13H12ClNO2S. The Balaban J connectivity index is 2.41. The largest absolute Gasteiger partial charge is 0.278 e. The number of sulfonamides is 1. The molecule has 5 heteroatoms. The first-order chi connectivity index (χ1) is 8.50. The topological polar surface area (TPSA) is 46.2 Å². The lowest BCUT2D eigenvalue weighted by molar-refractivity contribution is 0.601. The third-order valence-electron chi connectivity index (χ3n) is 2.51. The zero-order chi connectivity index (χ0) is 13.2. The van der Waals surface area contributed by atoms with Gasteiger partial charge in [0.25, 0.3) is 10.0 Å². The Bertz CT molecular complexity index is 634. The van der Waals surface area contributed by atoms with Gasteiger partial charge in [-0.05, 0) is 30.7 Å². The summed E-state index contributed by atoms with van der Waals surface area (Å²) in [6.45, 7) is 1.80. The fourth-order valence-electron chi connectivity index (χ4n) is 1.55. The lowest BCUT2D eigenvalue weighted by Gasteiger charge is -2.11. The summed E-state index contributed by atoms with van der Waals surface area (Å²) < 4.78 is 26.8. The lowest BCUT2D eigenvalue weighted by atomic mass is 10.2. The van der Waals surface area contributed by atoms with Crippen molar-refractivity contribution in [1.29, 1.82) is 0 Å². The molecule has 0 aliphatic carbocycles. The zero-order valence-corrected chi connectivity index (χ0v) is 11.3. The normalized spacial score (nSPS) is 11.2. The minimum Gasteiger partial charge on any atom is -0.278 e. The SMILES string of the molecule is Cc1cccc(Cl)c1NS(=O)(=O)c1ccccc1. The number of hydrogen-bond acceptors (Lipinski definition) is 2. The predicted molar refractivity (Wildman–Crippen MR) is 73.4 cm³/mol. The van der Waals surface area contributed by atoms with Gasteiger partial charge in [0.05, 0.1) is 15.6 Å². The number of aryl methyl sites for hydroxylation is 1. The van der Waals surface area contributed by atoms with Gasteiger partial charge in [-0.25, -0.2) is 8.42 Å². The predicted octanol–water partition coefficient (Wildman–Crippen LogP) is 3.45. The van der Waals surface area contributed by atoms with Crippen molar-refractivity contribution in [2.45, 2.75) is 11.8 Å². The van der Waals surface area contributed by atoms with Gasteiger partial charge in [-0.3, -0.25) is 4.72 Å². The summed E-state index contributed by atoms with van der Waals surface area (Å²) >= 11 is 6.00. The van der Waals surface area contributed by atoms with E-state index in [0.29, 0.717) is 10.7 Å². The first-order valence-electron chi connectivity index (χ1n) is 5.34. The molecule has 0 aliphatic heterocycles. The van der Waals surface area contributed by atoms with Crippen molar-refractivity contribution >= 4 is 27.3 Å². The van der Waals surface area contributed by atoms with Gasteiger partial charge in [-0.2, -0.15) is 0 Å². The minimum atomic E-state index is -3.59. The van der Waals surface area contributed by atoms with Crippen molar-refractivity contribution < 1.29 is 8.42 Å². The van der Waals surface area contributed by atoms with Gasteiger partial charge >= 0.3 is 0 Å². The summed E-state index contributed by atoms with van der Waals surface area (Å²) in [5.41, 5.74) is 1.20. The molecule has 0 aromatic heterocycles. The Morgan fingerprint density at radius 1 is 1.00 bits per heavy atom. The molecule has 0 saturated carbocycles. The van der Waals surface area contributed by atoms with Crippen LogP contribution in [0.5, 0.6) is 0 Å². The monoisotopic (exact) mass is 281 g/mol. The van der Waals surface area contributed by atoms with Crippen LogP contribution in [0.15, 0.2) is 53.4 Å². The Labute approximate surface area is 111 Å². The van der Waals surface area contributed by atoms with Crippen LogP contribution in [0, 0.1) is 6.92 Å². The Hall–Kier alpha value is -1.52. The maximum absolute atomic E-state index is 12.1. The molecule has 18 heavy (non-hydrogen) atoms. The molecule has 0 bridgehead atoms. The molecule has 3 nitrogen and oxygen atoms in total. The van der Waals surface area contributed by atoms with Gasteiger partial charge in [0.15, 0.2) is 0 Å². The number of rotatable bonds is 3. The van der Waals surface area contributed by atoms with E-state index in [1.807, 2.05) is 0 Å². The molecule has 2 rings (SSSR count). The van der Waals surface area contributed by atoms with Gasteiger partial charge in [0.2, 0.25) is 0 Å². The maximum atomic E-state index is 12.1. The van der Waals surface area contributed by atoms with E-state index in [4.69, 9.17) is 11.6 Å². The minimum absolute atomic E-state index is 0.212. The fraction of sp³-hybridized carbons (Fsp3) is 0.0769. The molecule has 0 heterocycles. The van der Waals surface area contributed by atoms with Gasteiger partial charge in [0, 0.05) is 0 Å². The van der Waals surface area contributed by atoms with Gasteiger partial charge in [-0.15, -0.1) is 0 Å². The van der Waals surface area contributed by atoms with E-state index >= 15 is 0 Å². The summed E-state index contributed by atoms with van der Waals surface area (Å²) in [5, 5.41) is 0.384. The van der Waals surface area contributed by atoms with Crippen LogP contribution < -0.4 is 4.72 Å². The highest BCUT2D eigenvalue weighted by atomic mass is 35.5. The smallest absolute Gasteiger partial charge is 0.261 e. The lowest BCUT2D eigenvalue weighted by Crippen LogP contribution is -2.13. The average molecular weight is 282 g/mol. The van der Waals surface area contributed by atoms with Gasteiger partial charge in [0.1, 0.15) is 0 Å². The Morgan fingerprint density at radius 2 is 1.67 bits per heavy atom. The highest BCUT2D eigenvalue weighted by Crippen LogP contribution is 2.27. The highest BCUT2D eigenvalue weighted by molar-refractivity contribution is 7.92. The van der Waals surface area contributed by atoms with Crippen molar-refractivity contribution in [1.82, 2.24) is 0 Å². The summed E-state index contributed by atoms with van der Waals surface area (Å²) in [6.07, 6.45) is 0. The van der Waals surface area contributed by atoms with Gasteiger partial charge < -0.3 is 0 Å². The summed E-state index contributed by atoms with van der Waals surface area (Å²) in [7, 11) is -3.59. The second-order valence-electron chi connectivity index (χ2n) is 3.85. The number of para-hydroxylation sites is 1. The first-order valence-corrected chi connectivity index (χ1v) is 7.20. The van der Waals surface area contributed by atoms with Crippen LogP contribution in [-0.2, 0) is 10.0 Å². The molecule has 2 aromatic rings. The molecule has 0 saturated heterocycles. The molecular weight excluding hydrogens is 270 g/mol. The van der Waals surface area contributed by atoms with E-state index in [0.717, 1.165) is 5.56 Å². The fourth-order valence-corrected chi connectivity index (χ4v) is 3.05. The van der Waals surface area contributed by atoms with Crippen molar-refractivity contribution in [2.75, 3.05) is 4.72 Å². The molecule has 0 aliphatic rings. The van der Waals surface area contributed by atoms with E-state index in [-0.39, 0.29) is 4.90 Å². The number of anilines is 1. The molecule has 0 radical (unpaired) electrons. The maximum Gasteiger partial charge on any atom is 0.261 e. The van der Waals surface area contributed by atoms with Crippen LogP contribution in [0.1, 0.15) is 5.56 Å². The van der Waals surface area contributed by atoms with Crippen molar-refractivity contribution in [3.05, 3.63) is 59.1 Å². The van der Waals surface area contributed by atoms with Crippen LogP contribution >= 0.6 is 11.6 Å². The van der Waals surface area contributed by atoms with E-state index in [9.17, 15) is 8.42 Å². The molecule has 0 unspecified atom stereocenters. The quantitative estimate of drug-likeness (QED) is 0.937. The van der Waals surface area contributed by atoms with Crippen molar-refractivity contribution in [3.8, 4) is 0 Å². The molecule has 2 aromatic carbocycles. The van der Waals surface area contributed by atoms with Crippen molar-refractivity contribution in [2.24, 2.45) is 0 Å². The Kier molecular flexibility index (Phi) is 3.59. The Morgan fingerprint density at radius 3 is 2.28 bits per heavy atom. The van der Waals surface area contributed by atoms with Crippen LogP contribution in [0.2, 0.25) is 5.02 Å². The van der Waals surface area contributed by atoms with E-state index < -0.39 is 10.0 Å². The van der Waals surface area contributed by atoms with Crippen LogP contribution in [0.25, 0.3) is 0 Å². The summed E-state index contributed by atoms with van der Waals surface area (Å²) in [6, 6.07) is 13.4. The van der Waals surface area contributed by atoms with Crippen LogP contribution in [-0.4, -0.2) is 8.42 Å². The third kappa shape index (κ3) is 2.66. The molecule has 0 atom stereocenters. The number of halogens is 1. The standard InChI is InChI=1S/C13H12ClNO2S/c1-10-6-5-9-12(14)13(10)15-18(16,17)11-7-3-2-4-8-11/h2-9,15H,1H3. The summed E-state index contributed by atoms with van der Waals surface area (Å²) in [4.78, 5) is 0.212. The van der Waals surface area contributed by atoms with Gasteiger partial charge in [-0.1, -0.05) is 41.9 Å². The van der Waals surface area contributed by atoms with E-state index in [1.165, 1.54) is 12.1 Å². The average Bonchev–Trinajstić information content (AvgIpc) is 2.35. The third-order valence-corrected chi connectivity index (χ3v) is 4.19. The van der Waals surface area contributed by atoms with E-state index in [2.05, 4.69) is 4.72 Å². The second kappa shape index (κ2) is 5.00. The molecule has 0 amide bonds.